The SMILES string of the molecule is CCC(CO)N1C(=O)c2cc(F)c(F)cc2C1=O. The second-order valence-corrected chi connectivity index (χ2v) is 4.04. The van der Waals surface area contributed by atoms with E-state index in [-0.39, 0.29) is 17.7 Å². The second kappa shape index (κ2) is 4.45. The molecule has 2 amide bonds. The van der Waals surface area contributed by atoms with E-state index in [2.05, 4.69) is 0 Å². The molecule has 2 rings (SSSR count). The lowest BCUT2D eigenvalue weighted by atomic mass is 10.1. The van der Waals surface area contributed by atoms with Crippen LogP contribution in [0.1, 0.15) is 34.1 Å². The van der Waals surface area contributed by atoms with Gasteiger partial charge in [-0.25, -0.2) is 8.78 Å². The lowest BCUT2D eigenvalue weighted by molar-refractivity contribution is 0.0511. The van der Waals surface area contributed by atoms with Crippen molar-refractivity contribution >= 4 is 11.8 Å². The molecular formula is C12H11F2NO3. The zero-order valence-electron chi connectivity index (χ0n) is 9.61. The Morgan fingerprint density at radius 2 is 1.61 bits per heavy atom. The van der Waals surface area contributed by atoms with Crippen LogP contribution in [-0.2, 0) is 0 Å². The van der Waals surface area contributed by atoms with Gasteiger partial charge in [-0.3, -0.25) is 14.5 Å². The molecule has 1 aliphatic rings. The molecule has 0 aliphatic carbocycles. The van der Waals surface area contributed by atoms with Crippen LogP contribution < -0.4 is 0 Å². The summed E-state index contributed by atoms with van der Waals surface area (Å²) in [6.45, 7) is 1.32. The molecule has 6 heteroatoms. The molecule has 1 N–H and O–H groups in total. The average molecular weight is 255 g/mol. The van der Waals surface area contributed by atoms with Crippen LogP contribution in [0.5, 0.6) is 0 Å². The molecule has 96 valence electrons. The first-order valence-electron chi connectivity index (χ1n) is 5.49. The molecule has 1 heterocycles. The standard InChI is InChI=1S/C12H11F2NO3/c1-2-6(5-16)15-11(17)7-3-9(13)10(14)4-8(7)12(15)18/h3-4,6,16H,2,5H2,1H3. The van der Waals surface area contributed by atoms with Gasteiger partial charge in [-0.2, -0.15) is 0 Å². The first-order chi connectivity index (χ1) is 8.51. The van der Waals surface area contributed by atoms with Crippen molar-refractivity contribution in [2.24, 2.45) is 0 Å². The molecule has 0 aromatic heterocycles. The largest absolute Gasteiger partial charge is 0.394 e. The first kappa shape index (κ1) is 12.6. The van der Waals surface area contributed by atoms with Crippen LogP contribution in [0, 0.1) is 11.6 Å². The lowest BCUT2D eigenvalue weighted by Crippen LogP contribution is -2.41. The van der Waals surface area contributed by atoms with Crippen LogP contribution in [0.2, 0.25) is 0 Å². The Hall–Kier alpha value is -1.82. The fourth-order valence-corrected chi connectivity index (χ4v) is 1.98. The highest BCUT2D eigenvalue weighted by atomic mass is 19.2. The molecular weight excluding hydrogens is 244 g/mol. The van der Waals surface area contributed by atoms with Crippen LogP contribution in [0.3, 0.4) is 0 Å². The van der Waals surface area contributed by atoms with Crippen molar-refractivity contribution in [3.05, 3.63) is 34.9 Å². The van der Waals surface area contributed by atoms with Crippen molar-refractivity contribution in [2.75, 3.05) is 6.61 Å². The minimum atomic E-state index is -1.17. The van der Waals surface area contributed by atoms with E-state index in [1.807, 2.05) is 0 Å². The lowest BCUT2D eigenvalue weighted by Gasteiger charge is -2.22. The topological polar surface area (TPSA) is 57.6 Å². The van der Waals surface area contributed by atoms with E-state index in [9.17, 15) is 18.4 Å². The molecule has 1 aliphatic heterocycles. The molecule has 1 atom stereocenters. The monoisotopic (exact) mass is 255 g/mol. The van der Waals surface area contributed by atoms with Gasteiger partial charge in [0, 0.05) is 0 Å². The third-order valence-electron chi connectivity index (χ3n) is 3.01. The van der Waals surface area contributed by atoms with E-state index < -0.39 is 29.5 Å². The Morgan fingerprint density at radius 3 is 1.94 bits per heavy atom. The van der Waals surface area contributed by atoms with E-state index in [4.69, 9.17) is 5.11 Å². The van der Waals surface area contributed by atoms with Crippen LogP contribution in [-0.4, -0.2) is 34.5 Å². The molecule has 1 unspecified atom stereocenters. The van der Waals surface area contributed by atoms with E-state index in [1.54, 1.807) is 6.92 Å². The van der Waals surface area contributed by atoms with E-state index in [1.165, 1.54) is 0 Å². The van der Waals surface area contributed by atoms with E-state index in [0.29, 0.717) is 6.42 Å². The van der Waals surface area contributed by atoms with Crippen molar-refractivity contribution < 1.29 is 23.5 Å². The first-order valence-corrected chi connectivity index (χ1v) is 5.49. The van der Waals surface area contributed by atoms with Gasteiger partial charge in [-0.15, -0.1) is 0 Å². The number of halogens is 2. The van der Waals surface area contributed by atoms with Crippen molar-refractivity contribution in [1.82, 2.24) is 4.90 Å². The summed E-state index contributed by atoms with van der Waals surface area (Å²) in [6, 6.07) is 0.757. The molecule has 0 radical (unpaired) electrons. The summed E-state index contributed by atoms with van der Waals surface area (Å²) in [5, 5.41) is 9.12. The van der Waals surface area contributed by atoms with Gasteiger partial charge in [0.2, 0.25) is 0 Å². The van der Waals surface area contributed by atoms with Gasteiger partial charge < -0.3 is 5.11 Å². The summed E-state index contributed by atoms with van der Waals surface area (Å²) in [7, 11) is 0. The zero-order chi connectivity index (χ0) is 13.4. The highest BCUT2D eigenvalue weighted by Gasteiger charge is 2.40. The number of fused-ring (bicyclic) bond motifs is 1. The van der Waals surface area contributed by atoms with Crippen LogP contribution in [0.4, 0.5) is 8.78 Å². The van der Waals surface area contributed by atoms with Crippen molar-refractivity contribution in [3.63, 3.8) is 0 Å². The Kier molecular flexibility index (Phi) is 3.13. The molecule has 0 bridgehead atoms. The van der Waals surface area contributed by atoms with E-state index in [0.717, 1.165) is 17.0 Å². The van der Waals surface area contributed by atoms with E-state index >= 15 is 0 Å². The van der Waals surface area contributed by atoms with Crippen molar-refractivity contribution in [1.29, 1.82) is 0 Å². The zero-order valence-corrected chi connectivity index (χ0v) is 9.61. The number of hydrogen-bond donors (Lipinski definition) is 1. The molecule has 0 spiro atoms. The fourth-order valence-electron chi connectivity index (χ4n) is 1.98. The minimum absolute atomic E-state index is 0.161. The number of rotatable bonds is 3. The number of imide groups is 1. The highest BCUT2D eigenvalue weighted by molar-refractivity contribution is 6.21. The molecule has 0 saturated carbocycles. The third kappa shape index (κ3) is 1.69. The molecule has 1 aromatic rings. The van der Waals surface area contributed by atoms with Gasteiger partial charge in [0.05, 0.1) is 23.8 Å². The number of hydrogen-bond acceptors (Lipinski definition) is 3. The Bertz CT molecular complexity index is 485. The van der Waals surface area contributed by atoms with Gasteiger partial charge in [0.1, 0.15) is 0 Å². The van der Waals surface area contributed by atoms with Gasteiger partial charge in [0.15, 0.2) is 11.6 Å². The van der Waals surface area contributed by atoms with Crippen molar-refractivity contribution in [3.8, 4) is 0 Å². The summed E-state index contributed by atoms with van der Waals surface area (Å²) in [5.74, 6) is -3.74. The van der Waals surface area contributed by atoms with Crippen LogP contribution in [0.25, 0.3) is 0 Å². The van der Waals surface area contributed by atoms with Gasteiger partial charge in [0.25, 0.3) is 11.8 Å². The molecule has 1 aromatic carbocycles. The smallest absolute Gasteiger partial charge is 0.261 e. The maximum atomic E-state index is 13.1. The molecule has 4 nitrogen and oxygen atoms in total. The Labute approximate surface area is 102 Å². The highest BCUT2D eigenvalue weighted by Crippen LogP contribution is 2.27. The number of aliphatic hydroxyl groups is 1. The molecule has 0 fully saturated rings. The maximum absolute atomic E-state index is 13.1. The Balaban J connectivity index is 2.50. The predicted molar refractivity (Wildman–Crippen MR) is 58.0 cm³/mol. The third-order valence-corrected chi connectivity index (χ3v) is 3.01. The Morgan fingerprint density at radius 1 is 1.17 bits per heavy atom. The minimum Gasteiger partial charge on any atom is -0.394 e. The van der Waals surface area contributed by atoms with Crippen LogP contribution >= 0.6 is 0 Å². The molecule has 18 heavy (non-hydrogen) atoms. The normalized spacial score (nSPS) is 16.1. The number of benzene rings is 1. The van der Waals surface area contributed by atoms with Crippen molar-refractivity contribution in [2.45, 2.75) is 19.4 Å². The molecule has 0 saturated heterocycles. The quantitative estimate of drug-likeness (QED) is 0.829. The maximum Gasteiger partial charge on any atom is 0.261 e. The number of nitrogens with zero attached hydrogens (tertiary/aromatic N) is 1. The summed E-state index contributed by atoms with van der Waals surface area (Å²) in [6.07, 6.45) is 0.368. The van der Waals surface area contributed by atoms with Gasteiger partial charge in [-0.05, 0) is 18.6 Å². The number of amides is 2. The summed E-state index contributed by atoms with van der Waals surface area (Å²) in [4.78, 5) is 24.7. The summed E-state index contributed by atoms with van der Waals surface area (Å²) >= 11 is 0. The average Bonchev–Trinajstić information content (AvgIpc) is 2.57. The number of carbonyl (C=O) groups is 2. The predicted octanol–water partition coefficient (Wildman–Crippen LogP) is 1.33. The summed E-state index contributed by atoms with van der Waals surface area (Å²) < 4.78 is 26.1. The number of carbonyl (C=O) groups excluding carboxylic acids is 2. The second-order valence-electron chi connectivity index (χ2n) is 4.04. The summed E-state index contributed by atoms with van der Waals surface area (Å²) in [5.41, 5.74) is -0.323. The van der Waals surface area contributed by atoms with Gasteiger partial charge in [-0.1, -0.05) is 6.92 Å². The fraction of sp³-hybridized carbons (Fsp3) is 0.333. The van der Waals surface area contributed by atoms with Crippen LogP contribution in [0.15, 0.2) is 12.1 Å². The van der Waals surface area contributed by atoms with Gasteiger partial charge >= 0.3 is 0 Å². The number of aliphatic hydroxyl groups excluding tert-OH is 1.